The van der Waals surface area contributed by atoms with Crippen LogP contribution in [0, 0.1) is 5.92 Å². The smallest absolute Gasteiger partial charge is 0.317 e. The van der Waals surface area contributed by atoms with E-state index in [1.165, 1.54) is 0 Å². The van der Waals surface area contributed by atoms with Crippen molar-refractivity contribution in [3.05, 3.63) is 18.7 Å². The molecule has 0 radical (unpaired) electrons. The first-order chi connectivity index (χ1) is 12.0. The lowest BCUT2D eigenvalue weighted by Crippen LogP contribution is -2.54. The summed E-state index contributed by atoms with van der Waals surface area (Å²) in [7, 11) is 0. The van der Waals surface area contributed by atoms with Crippen LogP contribution in [0.15, 0.2) is 18.7 Å². The van der Waals surface area contributed by atoms with Gasteiger partial charge in [0.05, 0.1) is 12.2 Å². The number of nitrogens with zero attached hydrogens (tertiary/aromatic N) is 3. The van der Waals surface area contributed by atoms with E-state index >= 15 is 0 Å². The molecule has 1 aromatic heterocycles. The van der Waals surface area contributed by atoms with Gasteiger partial charge in [0.2, 0.25) is 5.91 Å². The standard InChI is InChI=1S/C18H31N5O2/c1-4-5-8-20-17(24)16-7-6-15(3)23(12-16)18(25)21-14(2)11-22-10-9-19-13-22/h9-10,13-16H,4-8,11-12H2,1-3H3,(H,20,24)(H,21,25)/t14-,15+,16-/m1/s1. The Hall–Kier alpha value is -2.05. The zero-order valence-corrected chi connectivity index (χ0v) is 15.6. The van der Waals surface area contributed by atoms with E-state index in [0.29, 0.717) is 13.1 Å². The van der Waals surface area contributed by atoms with Crippen LogP contribution in [0.1, 0.15) is 46.5 Å². The van der Waals surface area contributed by atoms with Gasteiger partial charge in [-0.1, -0.05) is 13.3 Å². The number of urea groups is 1. The van der Waals surface area contributed by atoms with E-state index in [2.05, 4.69) is 22.5 Å². The van der Waals surface area contributed by atoms with E-state index < -0.39 is 0 Å². The Kier molecular flexibility index (Phi) is 7.28. The van der Waals surface area contributed by atoms with Crippen molar-refractivity contribution in [3.8, 4) is 0 Å². The second-order valence-electron chi connectivity index (χ2n) is 7.03. The summed E-state index contributed by atoms with van der Waals surface area (Å²) >= 11 is 0. The summed E-state index contributed by atoms with van der Waals surface area (Å²) in [5.74, 6) is -0.0348. The van der Waals surface area contributed by atoms with E-state index in [1.54, 1.807) is 17.4 Å². The quantitative estimate of drug-likeness (QED) is 0.739. The summed E-state index contributed by atoms with van der Waals surface area (Å²) in [5, 5.41) is 6.03. The molecule has 3 amide bonds. The highest BCUT2D eigenvalue weighted by atomic mass is 16.2. The van der Waals surface area contributed by atoms with E-state index in [-0.39, 0.29) is 29.9 Å². The number of rotatable bonds is 7. The largest absolute Gasteiger partial charge is 0.356 e. The second-order valence-corrected chi connectivity index (χ2v) is 7.03. The Morgan fingerprint density at radius 2 is 2.16 bits per heavy atom. The van der Waals surface area contributed by atoms with Gasteiger partial charge in [-0.25, -0.2) is 9.78 Å². The van der Waals surface area contributed by atoms with Crippen LogP contribution in [0.5, 0.6) is 0 Å². The highest BCUT2D eigenvalue weighted by molar-refractivity contribution is 5.81. The van der Waals surface area contributed by atoms with E-state index in [4.69, 9.17) is 0 Å². The zero-order valence-electron chi connectivity index (χ0n) is 15.6. The van der Waals surface area contributed by atoms with Crippen molar-refractivity contribution in [2.45, 2.75) is 65.1 Å². The number of carbonyl (C=O) groups is 2. The lowest BCUT2D eigenvalue weighted by Gasteiger charge is -2.38. The van der Waals surface area contributed by atoms with Crippen molar-refractivity contribution in [3.63, 3.8) is 0 Å². The number of aromatic nitrogens is 2. The van der Waals surface area contributed by atoms with Crippen LogP contribution >= 0.6 is 0 Å². The van der Waals surface area contributed by atoms with Gasteiger partial charge in [0, 0.05) is 44.1 Å². The summed E-state index contributed by atoms with van der Waals surface area (Å²) in [4.78, 5) is 30.8. The molecule has 1 saturated heterocycles. The van der Waals surface area contributed by atoms with Crippen LogP contribution in [0.4, 0.5) is 4.79 Å². The van der Waals surface area contributed by atoms with E-state index in [0.717, 1.165) is 32.2 Å². The molecule has 1 aliphatic heterocycles. The zero-order chi connectivity index (χ0) is 18.2. The summed E-state index contributed by atoms with van der Waals surface area (Å²) in [5.41, 5.74) is 0. The number of imidazole rings is 1. The molecule has 1 aromatic rings. The van der Waals surface area contributed by atoms with Gasteiger partial charge < -0.3 is 20.1 Å². The first-order valence-electron chi connectivity index (χ1n) is 9.31. The molecule has 25 heavy (non-hydrogen) atoms. The maximum Gasteiger partial charge on any atom is 0.317 e. The molecular weight excluding hydrogens is 318 g/mol. The third-order valence-corrected chi connectivity index (χ3v) is 4.76. The molecule has 2 N–H and O–H groups in total. The number of nitrogens with one attached hydrogen (secondary N) is 2. The highest BCUT2D eigenvalue weighted by Gasteiger charge is 2.32. The van der Waals surface area contributed by atoms with Crippen molar-refractivity contribution in [1.82, 2.24) is 25.1 Å². The van der Waals surface area contributed by atoms with E-state index in [9.17, 15) is 9.59 Å². The SMILES string of the molecule is CCCCNC(=O)[C@@H]1CC[C@H](C)N(C(=O)N[C@H](C)Cn2ccnc2)C1. The predicted molar refractivity (Wildman–Crippen MR) is 97.0 cm³/mol. The third-order valence-electron chi connectivity index (χ3n) is 4.76. The number of carbonyl (C=O) groups excluding carboxylic acids is 2. The maximum absolute atomic E-state index is 12.6. The monoisotopic (exact) mass is 349 g/mol. The number of likely N-dealkylation sites (tertiary alicyclic amines) is 1. The molecule has 2 rings (SSSR count). The van der Waals surface area contributed by atoms with Crippen molar-refractivity contribution < 1.29 is 9.59 Å². The van der Waals surface area contributed by atoms with Gasteiger partial charge in [0.25, 0.3) is 0 Å². The van der Waals surface area contributed by atoms with Crippen LogP contribution in [0.3, 0.4) is 0 Å². The van der Waals surface area contributed by atoms with Gasteiger partial charge in [-0.05, 0) is 33.1 Å². The minimum atomic E-state index is -0.109. The molecule has 2 heterocycles. The summed E-state index contributed by atoms with van der Waals surface area (Å²) in [6.07, 6.45) is 9.09. The van der Waals surface area contributed by atoms with Gasteiger partial charge in [-0.3, -0.25) is 4.79 Å². The molecule has 1 aliphatic rings. The molecule has 7 nitrogen and oxygen atoms in total. The maximum atomic E-state index is 12.6. The van der Waals surface area contributed by atoms with Gasteiger partial charge in [-0.2, -0.15) is 0 Å². The van der Waals surface area contributed by atoms with Crippen LogP contribution in [0.25, 0.3) is 0 Å². The average molecular weight is 349 g/mol. The molecule has 1 fully saturated rings. The first kappa shape index (κ1) is 19.3. The van der Waals surface area contributed by atoms with Crippen molar-refractivity contribution in [1.29, 1.82) is 0 Å². The number of amides is 3. The fourth-order valence-corrected chi connectivity index (χ4v) is 3.19. The van der Waals surface area contributed by atoms with E-state index in [1.807, 2.05) is 24.6 Å². The van der Waals surface area contributed by atoms with Gasteiger partial charge in [0.1, 0.15) is 0 Å². The Bertz CT molecular complexity index is 546. The molecule has 140 valence electrons. The Balaban J connectivity index is 1.85. The van der Waals surface area contributed by atoms with Crippen LogP contribution in [-0.2, 0) is 11.3 Å². The molecule has 0 spiro atoms. The van der Waals surface area contributed by atoms with Gasteiger partial charge >= 0.3 is 6.03 Å². The van der Waals surface area contributed by atoms with Crippen LogP contribution < -0.4 is 10.6 Å². The Morgan fingerprint density at radius 3 is 2.84 bits per heavy atom. The molecule has 0 bridgehead atoms. The molecule has 0 aliphatic carbocycles. The van der Waals surface area contributed by atoms with Crippen molar-refractivity contribution in [2.75, 3.05) is 13.1 Å². The fraction of sp³-hybridized carbons (Fsp3) is 0.722. The molecule has 0 saturated carbocycles. The van der Waals surface area contributed by atoms with Crippen LogP contribution in [-0.4, -0.2) is 51.6 Å². The molecule has 7 heteroatoms. The molecular formula is C18H31N5O2. The number of piperidine rings is 1. The topological polar surface area (TPSA) is 79.3 Å². The number of hydrogen-bond donors (Lipinski definition) is 2. The number of unbranched alkanes of at least 4 members (excludes halogenated alkanes) is 1. The summed E-state index contributed by atoms with van der Waals surface area (Å²) in [6, 6.07) is 0.0546. The Morgan fingerprint density at radius 1 is 1.36 bits per heavy atom. The van der Waals surface area contributed by atoms with Crippen molar-refractivity contribution in [2.24, 2.45) is 5.92 Å². The number of hydrogen-bond acceptors (Lipinski definition) is 3. The predicted octanol–water partition coefficient (Wildman–Crippen LogP) is 2.00. The van der Waals surface area contributed by atoms with Crippen LogP contribution in [0.2, 0.25) is 0 Å². The molecule has 0 unspecified atom stereocenters. The second kappa shape index (κ2) is 9.44. The van der Waals surface area contributed by atoms with Crippen molar-refractivity contribution >= 4 is 11.9 Å². The fourth-order valence-electron chi connectivity index (χ4n) is 3.19. The minimum Gasteiger partial charge on any atom is -0.356 e. The first-order valence-corrected chi connectivity index (χ1v) is 9.31. The average Bonchev–Trinajstić information content (AvgIpc) is 3.08. The lowest BCUT2D eigenvalue weighted by molar-refractivity contribution is -0.126. The Labute approximate surface area is 150 Å². The normalized spacial score (nSPS) is 21.6. The summed E-state index contributed by atoms with van der Waals surface area (Å²) in [6.45, 7) is 8.01. The minimum absolute atomic E-state index is 0.00680. The highest BCUT2D eigenvalue weighted by Crippen LogP contribution is 2.22. The lowest BCUT2D eigenvalue weighted by atomic mass is 9.93. The molecule has 3 atom stereocenters. The molecule has 0 aromatic carbocycles. The van der Waals surface area contributed by atoms with Gasteiger partial charge in [0.15, 0.2) is 0 Å². The third kappa shape index (κ3) is 5.76. The summed E-state index contributed by atoms with van der Waals surface area (Å²) < 4.78 is 1.94. The van der Waals surface area contributed by atoms with Gasteiger partial charge in [-0.15, -0.1) is 0 Å².